The molecule has 0 unspecified atom stereocenters. The molecule has 2 N–H and O–H groups in total. The maximum absolute atomic E-state index is 13.6. The highest BCUT2D eigenvalue weighted by molar-refractivity contribution is 6.07. The number of methoxy groups -OCH3 is 1. The van der Waals surface area contributed by atoms with Gasteiger partial charge in [0, 0.05) is 51.3 Å². The van der Waals surface area contributed by atoms with Crippen LogP contribution in [-0.2, 0) is 17.6 Å². The minimum absolute atomic E-state index is 0.258. The molecule has 5 rings (SSSR count). The highest BCUT2D eigenvalue weighted by Crippen LogP contribution is 2.31. The van der Waals surface area contributed by atoms with E-state index in [1.807, 2.05) is 36.4 Å². The predicted molar refractivity (Wildman–Crippen MR) is 154 cm³/mol. The number of ether oxygens (including phenoxy) is 1. The fourth-order valence-corrected chi connectivity index (χ4v) is 5.06. The number of hydrogen-bond donors (Lipinski definition) is 2. The normalized spacial score (nSPS) is 14.1. The average Bonchev–Trinajstić information content (AvgIpc) is 3.33. The first-order chi connectivity index (χ1) is 19.4. The van der Waals surface area contributed by atoms with Crippen LogP contribution in [0.15, 0.2) is 60.8 Å². The summed E-state index contributed by atoms with van der Waals surface area (Å²) in [7, 11) is 3.76. The van der Waals surface area contributed by atoms with Gasteiger partial charge >= 0.3 is 0 Å². The van der Waals surface area contributed by atoms with Gasteiger partial charge in [0.1, 0.15) is 11.6 Å². The van der Waals surface area contributed by atoms with Crippen molar-refractivity contribution in [3.8, 4) is 0 Å². The molecule has 1 amide bonds. The Hall–Kier alpha value is -4.02. The van der Waals surface area contributed by atoms with E-state index in [0.29, 0.717) is 37.1 Å². The van der Waals surface area contributed by atoms with E-state index in [1.54, 1.807) is 13.3 Å². The number of para-hydroxylation sites is 1. The summed E-state index contributed by atoms with van der Waals surface area (Å²) in [6, 6.07) is 15.1. The lowest BCUT2D eigenvalue weighted by molar-refractivity contribution is 0.101. The molecule has 10 heteroatoms. The van der Waals surface area contributed by atoms with Gasteiger partial charge in [0.05, 0.1) is 35.3 Å². The number of nitrogens with one attached hydrogen (secondary N) is 2. The highest BCUT2D eigenvalue weighted by atomic mass is 19.1. The zero-order valence-electron chi connectivity index (χ0n) is 22.8. The Kier molecular flexibility index (Phi) is 8.57. The Labute approximate surface area is 232 Å². The number of aryl methyl sites for hydroxylation is 2. The van der Waals surface area contributed by atoms with Crippen LogP contribution in [-0.4, -0.2) is 74.2 Å². The molecule has 0 spiro atoms. The van der Waals surface area contributed by atoms with Crippen molar-refractivity contribution in [2.75, 3.05) is 69.1 Å². The lowest BCUT2D eigenvalue weighted by atomic mass is 10.0. The fourth-order valence-electron chi connectivity index (χ4n) is 5.06. The zero-order chi connectivity index (χ0) is 28.1. The number of benzene rings is 3. The van der Waals surface area contributed by atoms with Crippen LogP contribution in [0.2, 0.25) is 0 Å². The summed E-state index contributed by atoms with van der Waals surface area (Å²) < 4.78 is 32.3. The summed E-state index contributed by atoms with van der Waals surface area (Å²) >= 11 is 0. The van der Waals surface area contributed by atoms with E-state index >= 15 is 0 Å². The van der Waals surface area contributed by atoms with Crippen molar-refractivity contribution < 1.29 is 18.3 Å². The van der Waals surface area contributed by atoms with Crippen LogP contribution in [0.1, 0.15) is 21.5 Å². The molecule has 1 saturated heterocycles. The zero-order valence-corrected chi connectivity index (χ0v) is 22.8. The second-order valence-electron chi connectivity index (χ2n) is 10.1. The van der Waals surface area contributed by atoms with Crippen molar-refractivity contribution in [3.63, 3.8) is 0 Å². The molecule has 3 aromatic carbocycles. The van der Waals surface area contributed by atoms with Gasteiger partial charge in [-0.1, -0.05) is 12.1 Å². The SMILES string of the molecule is COCCNc1cccc(C(=O)Nn2ncc3cc(CCc4cc(F)cc(F)c4)ccc32)c1N1CCN(C)CC1. The first-order valence-electron chi connectivity index (χ1n) is 13.4. The van der Waals surface area contributed by atoms with Gasteiger partial charge < -0.3 is 19.9 Å². The minimum Gasteiger partial charge on any atom is -0.383 e. The lowest BCUT2D eigenvalue weighted by Gasteiger charge is -2.36. The molecule has 1 aromatic heterocycles. The smallest absolute Gasteiger partial charge is 0.273 e. The summed E-state index contributed by atoms with van der Waals surface area (Å²) in [6.45, 7) is 4.63. The number of anilines is 2. The molecule has 2 heterocycles. The van der Waals surface area contributed by atoms with E-state index < -0.39 is 11.6 Å². The molecule has 1 aliphatic heterocycles. The predicted octanol–water partition coefficient (Wildman–Crippen LogP) is 4.29. The second-order valence-corrected chi connectivity index (χ2v) is 10.1. The molecule has 4 aromatic rings. The fraction of sp³-hybridized carbons (Fsp3) is 0.333. The average molecular weight is 549 g/mol. The number of amides is 1. The van der Waals surface area contributed by atoms with Crippen LogP contribution in [0.25, 0.3) is 10.9 Å². The molecule has 8 nitrogen and oxygen atoms in total. The number of piperazine rings is 1. The maximum atomic E-state index is 13.6. The van der Waals surface area contributed by atoms with E-state index in [2.05, 4.69) is 32.7 Å². The molecule has 0 aliphatic carbocycles. The monoisotopic (exact) mass is 548 g/mol. The molecule has 0 radical (unpaired) electrons. The van der Waals surface area contributed by atoms with Crippen LogP contribution in [0.3, 0.4) is 0 Å². The summed E-state index contributed by atoms with van der Waals surface area (Å²) in [6.07, 6.45) is 2.83. The van der Waals surface area contributed by atoms with Crippen LogP contribution in [0.4, 0.5) is 20.2 Å². The standard InChI is InChI=1S/C30H34F2N6O2/c1-36-11-13-37(14-12-36)29-26(4-3-5-27(29)33-10-15-40-2)30(39)35-38-28-9-8-21(16-23(28)20-34-38)6-7-22-17-24(31)19-25(32)18-22/h3-5,8-9,16-20,33H,6-7,10-15H2,1-2H3,(H,35,39). The molecule has 1 fully saturated rings. The molecule has 40 heavy (non-hydrogen) atoms. The number of aromatic nitrogens is 2. The van der Waals surface area contributed by atoms with Crippen molar-refractivity contribution >= 4 is 28.2 Å². The topological polar surface area (TPSA) is 74.7 Å². The number of nitrogens with zero attached hydrogens (tertiary/aromatic N) is 4. The molecule has 0 saturated carbocycles. The number of carbonyl (C=O) groups excluding carboxylic acids is 1. The number of halogens is 2. The third-order valence-electron chi connectivity index (χ3n) is 7.19. The van der Waals surface area contributed by atoms with Crippen molar-refractivity contribution in [3.05, 3.63) is 89.1 Å². The first kappa shape index (κ1) is 27.5. The Morgan fingerprint density at radius 2 is 1.73 bits per heavy atom. The van der Waals surface area contributed by atoms with Gasteiger partial charge in [-0.15, -0.1) is 0 Å². The molecular formula is C30H34F2N6O2. The van der Waals surface area contributed by atoms with Gasteiger partial charge in [0.15, 0.2) is 0 Å². The van der Waals surface area contributed by atoms with Gasteiger partial charge in [-0.25, -0.2) is 14.2 Å². The lowest BCUT2D eigenvalue weighted by Crippen LogP contribution is -2.45. The molecule has 0 atom stereocenters. The first-order valence-corrected chi connectivity index (χ1v) is 13.4. The number of carbonyl (C=O) groups is 1. The Bertz CT molecular complexity index is 1460. The minimum atomic E-state index is -0.574. The Balaban J connectivity index is 1.34. The van der Waals surface area contributed by atoms with E-state index in [1.165, 1.54) is 16.9 Å². The number of fused-ring (bicyclic) bond motifs is 1. The quantitative estimate of drug-likeness (QED) is 0.288. The van der Waals surface area contributed by atoms with Gasteiger partial charge in [-0.3, -0.25) is 4.79 Å². The number of likely N-dealkylation sites (N-methyl/N-ethyl adjacent to an activating group) is 1. The third-order valence-corrected chi connectivity index (χ3v) is 7.19. The molecular weight excluding hydrogens is 514 g/mol. The van der Waals surface area contributed by atoms with E-state index in [9.17, 15) is 13.6 Å². The highest BCUT2D eigenvalue weighted by Gasteiger charge is 2.24. The van der Waals surface area contributed by atoms with E-state index in [-0.39, 0.29) is 5.91 Å². The Morgan fingerprint density at radius 1 is 0.975 bits per heavy atom. The van der Waals surface area contributed by atoms with Crippen LogP contribution >= 0.6 is 0 Å². The van der Waals surface area contributed by atoms with Crippen molar-refractivity contribution in [1.29, 1.82) is 0 Å². The summed E-state index contributed by atoms with van der Waals surface area (Å²) in [5.74, 6) is -1.41. The number of hydrogen-bond acceptors (Lipinski definition) is 6. The second kappa shape index (κ2) is 12.4. The molecule has 1 aliphatic rings. The Morgan fingerprint density at radius 3 is 2.48 bits per heavy atom. The van der Waals surface area contributed by atoms with Gasteiger partial charge in [-0.05, 0) is 67.4 Å². The molecule has 0 bridgehead atoms. The van der Waals surface area contributed by atoms with E-state index in [4.69, 9.17) is 4.74 Å². The van der Waals surface area contributed by atoms with Crippen molar-refractivity contribution in [2.45, 2.75) is 12.8 Å². The third kappa shape index (κ3) is 6.40. The van der Waals surface area contributed by atoms with Crippen LogP contribution < -0.4 is 15.6 Å². The van der Waals surface area contributed by atoms with Crippen LogP contribution in [0.5, 0.6) is 0 Å². The van der Waals surface area contributed by atoms with Crippen molar-refractivity contribution in [2.24, 2.45) is 0 Å². The van der Waals surface area contributed by atoms with Crippen molar-refractivity contribution in [1.82, 2.24) is 14.8 Å². The van der Waals surface area contributed by atoms with Gasteiger partial charge in [-0.2, -0.15) is 9.89 Å². The summed E-state index contributed by atoms with van der Waals surface area (Å²) in [4.78, 5) is 19.6. The maximum Gasteiger partial charge on any atom is 0.273 e. The summed E-state index contributed by atoms with van der Waals surface area (Å²) in [5.41, 5.74) is 7.65. The molecule has 210 valence electrons. The number of rotatable bonds is 10. The summed E-state index contributed by atoms with van der Waals surface area (Å²) in [5, 5.41) is 8.69. The van der Waals surface area contributed by atoms with Gasteiger partial charge in [0.25, 0.3) is 5.91 Å². The largest absolute Gasteiger partial charge is 0.383 e. The van der Waals surface area contributed by atoms with E-state index in [0.717, 1.165) is 60.1 Å². The van der Waals surface area contributed by atoms with Gasteiger partial charge in [0.2, 0.25) is 0 Å². The van der Waals surface area contributed by atoms with Crippen LogP contribution in [0, 0.1) is 11.6 Å².